The molecule has 1 amide bonds. The Morgan fingerprint density at radius 2 is 1.88 bits per heavy atom. The summed E-state index contributed by atoms with van der Waals surface area (Å²) >= 11 is 0. The Labute approximate surface area is 141 Å². The summed E-state index contributed by atoms with van der Waals surface area (Å²) in [4.78, 5) is 22.6. The average Bonchev–Trinajstić information content (AvgIpc) is 2.44. The third kappa shape index (κ3) is 5.82. The van der Waals surface area contributed by atoms with Crippen molar-refractivity contribution < 1.29 is 29.6 Å². The summed E-state index contributed by atoms with van der Waals surface area (Å²) in [7, 11) is 0. The smallest absolute Gasteiger partial charge is 0.407 e. The molecule has 0 saturated heterocycles. The first-order valence-corrected chi connectivity index (χ1v) is 7.68. The molecule has 0 fully saturated rings. The highest BCUT2D eigenvalue weighted by Crippen LogP contribution is 2.24. The molecule has 0 saturated carbocycles. The predicted molar refractivity (Wildman–Crippen MR) is 88.0 cm³/mol. The van der Waals surface area contributed by atoms with Crippen molar-refractivity contribution in [2.75, 3.05) is 6.54 Å². The molecule has 2 atom stereocenters. The molecule has 0 spiro atoms. The number of carbonyl (C=O) groups excluding carboxylic acids is 1. The van der Waals surface area contributed by atoms with Crippen molar-refractivity contribution in [3.8, 4) is 0 Å². The summed E-state index contributed by atoms with van der Waals surface area (Å²) in [5.74, 6) is -1.09. The number of carbonyl (C=O) groups is 2. The first kappa shape index (κ1) is 19.9. The van der Waals surface area contributed by atoms with Gasteiger partial charge in [-0.25, -0.2) is 9.59 Å². The molecule has 24 heavy (non-hydrogen) atoms. The molecule has 4 N–H and O–H groups in total. The molecule has 7 heteroatoms. The Morgan fingerprint density at radius 1 is 1.25 bits per heavy atom. The number of alkyl carbamates (subject to hydrolysis) is 1. The van der Waals surface area contributed by atoms with E-state index in [1.54, 1.807) is 33.8 Å². The van der Waals surface area contributed by atoms with Crippen LogP contribution in [0.25, 0.3) is 0 Å². The van der Waals surface area contributed by atoms with Gasteiger partial charge in [0, 0.05) is 6.54 Å². The van der Waals surface area contributed by atoms with Gasteiger partial charge in [0.2, 0.25) is 0 Å². The fourth-order valence-corrected chi connectivity index (χ4v) is 2.21. The van der Waals surface area contributed by atoms with Crippen LogP contribution in [0.1, 0.15) is 54.8 Å². The van der Waals surface area contributed by atoms with Gasteiger partial charge < -0.3 is 25.4 Å². The van der Waals surface area contributed by atoms with Crippen LogP contribution in [0.2, 0.25) is 0 Å². The zero-order valence-corrected chi connectivity index (χ0v) is 14.4. The third-order valence-corrected chi connectivity index (χ3v) is 3.40. The van der Waals surface area contributed by atoms with Crippen LogP contribution in [0, 0.1) is 6.92 Å². The van der Waals surface area contributed by atoms with Crippen LogP contribution >= 0.6 is 0 Å². The summed E-state index contributed by atoms with van der Waals surface area (Å²) in [6, 6.07) is 4.52. The minimum Gasteiger partial charge on any atom is -0.478 e. The highest BCUT2D eigenvalue weighted by atomic mass is 16.6. The highest BCUT2D eigenvalue weighted by Gasteiger charge is 2.23. The van der Waals surface area contributed by atoms with E-state index in [-0.39, 0.29) is 18.5 Å². The van der Waals surface area contributed by atoms with E-state index in [4.69, 9.17) is 9.84 Å². The first-order chi connectivity index (χ1) is 11.0. The lowest BCUT2D eigenvalue weighted by atomic mass is 9.94. The maximum atomic E-state index is 11.5. The molecule has 2 unspecified atom stereocenters. The van der Waals surface area contributed by atoms with E-state index in [1.165, 1.54) is 12.1 Å². The van der Waals surface area contributed by atoms with Crippen molar-refractivity contribution in [2.24, 2.45) is 0 Å². The number of nitrogens with one attached hydrogen (secondary N) is 1. The Morgan fingerprint density at radius 3 is 2.42 bits per heavy atom. The number of hydrogen-bond donors (Lipinski definition) is 4. The van der Waals surface area contributed by atoms with Crippen molar-refractivity contribution in [3.05, 3.63) is 34.9 Å². The number of benzene rings is 1. The number of ether oxygens (including phenoxy) is 1. The second kappa shape index (κ2) is 8.12. The molecule has 0 aromatic heterocycles. The normalized spacial score (nSPS) is 13.9. The van der Waals surface area contributed by atoms with E-state index in [9.17, 15) is 19.8 Å². The molecule has 0 bridgehead atoms. The number of carboxylic acids is 1. The molecule has 1 aromatic carbocycles. The van der Waals surface area contributed by atoms with Crippen molar-refractivity contribution in [2.45, 2.75) is 51.9 Å². The highest BCUT2D eigenvalue weighted by molar-refractivity contribution is 5.89. The quantitative estimate of drug-likeness (QED) is 0.630. The molecular weight excluding hydrogens is 314 g/mol. The molecule has 134 valence electrons. The van der Waals surface area contributed by atoms with Crippen LogP contribution in [0.5, 0.6) is 0 Å². The summed E-state index contributed by atoms with van der Waals surface area (Å²) in [6.07, 6.45) is -2.90. The Hall–Kier alpha value is -2.12. The fraction of sp³-hybridized carbons (Fsp3) is 0.529. The predicted octanol–water partition coefficient (Wildman–Crippen LogP) is 2.00. The van der Waals surface area contributed by atoms with Crippen LogP contribution in [0.4, 0.5) is 4.79 Å². The molecule has 0 aliphatic rings. The maximum Gasteiger partial charge on any atom is 0.407 e. The first-order valence-electron chi connectivity index (χ1n) is 7.68. The molecule has 0 aliphatic heterocycles. The number of aromatic carboxylic acids is 1. The number of carboxylic acid groups (broad SMARTS) is 1. The number of aliphatic hydroxyl groups excluding tert-OH is 2. The summed E-state index contributed by atoms with van der Waals surface area (Å²) in [5.41, 5.74) is 0.207. The van der Waals surface area contributed by atoms with E-state index in [1.807, 2.05) is 0 Å². The van der Waals surface area contributed by atoms with Gasteiger partial charge in [0.1, 0.15) is 11.7 Å². The van der Waals surface area contributed by atoms with Gasteiger partial charge in [-0.3, -0.25) is 0 Å². The summed E-state index contributed by atoms with van der Waals surface area (Å²) < 4.78 is 5.07. The van der Waals surface area contributed by atoms with Crippen molar-refractivity contribution in [1.82, 2.24) is 5.32 Å². The SMILES string of the molecule is Cc1c(C(=O)O)cccc1C(O)C(O)CCNC(=O)OC(C)(C)C. The molecule has 0 radical (unpaired) electrons. The topological polar surface area (TPSA) is 116 Å². The third-order valence-electron chi connectivity index (χ3n) is 3.40. The van der Waals surface area contributed by atoms with Crippen LogP contribution in [0.3, 0.4) is 0 Å². The molecule has 1 rings (SSSR count). The van der Waals surface area contributed by atoms with Crippen LogP contribution in [-0.2, 0) is 4.74 Å². The van der Waals surface area contributed by atoms with Gasteiger partial charge in [-0.2, -0.15) is 0 Å². The van der Waals surface area contributed by atoms with Gasteiger partial charge in [0.05, 0.1) is 11.7 Å². The van der Waals surface area contributed by atoms with Crippen molar-refractivity contribution in [3.63, 3.8) is 0 Å². The van der Waals surface area contributed by atoms with Crippen LogP contribution < -0.4 is 5.32 Å². The average molecular weight is 339 g/mol. The van der Waals surface area contributed by atoms with Gasteiger partial charge >= 0.3 is 12.1 Å². The molecular formula is C17H25NO6. The number of aliphatic hydroxyl groups is 2. The summed E-state index contributed by atoms with van der Waals surface area (Å²) in [6.45, 7) is 6.91. The van der Waals surface area contributed by atoms with Crippen LogP contribution in [-0.4, -0.2) is 45.6 Å². The standard InChI is InChI=1S/C17H25NO6/c1-10-11(6-5-7-12(10)15(21)22)14(20)13(19)8-9-18-16(23)24-17(2,3)4/h5-7,13-14,19-20H,8-9H2,1-4H3,(H,18,23)(H,21,22). The lowest BCUT2D eigenvalue weighted by Gasteiger charge is -2.22. The van der Waals surface area contributed by atoms with E-state index >= 15 is 0 Å². The number of hydrogen-bond acceptors (Lipinski definition) is 5. The largest absolute Gasteiger partial charge is 0.478 e. The molecule has 7 nitrogen and oxygen atoms in total. The van der Waals surface area contributed by atoms with Gasteiger partial charge in [-0.05, 0) is 51.3 Å². The number of rotatable bonds is 6. The van der Waals surface area contributed by atoms with Gasteiger partial charge in [0.25, 0.3) is 0 Å². The zero-order valence-electron chi connectivity index (χ0n) is 14.4. The zero-order chi connectivity index (χ0) is 18.5. The monoisotopic (exact) mass is 339 g/mol. The van der Waals surface area contributed by atoms with E-state index < -0.39 is 29.9 Å². The Balaban J connectivity index is 2.63. The minimum absolute atomic E-state index is 0.0747. The second-order valence-electron chi connectivity index (χ2n) is 6.55. The summed E-state index contributed by atoms with van der Waals surface area (Å²) in [5, 5.41) is 31.9. The maximum absolute atomic E-state index is 11.5. The van der Waals surface area contributed by atoms with E-state index in [2.05, 4.69) is 5.32 Å². The van der Waals surface area contributed by atoms with Gasteiger partial charge in [-0.1, -0.05) is 12.1 Å². The second-order valence-corrected chi connectivity index (χ2v) is 6.55. The Kier molecular flexibility index (Phi) is 6.74. The van der Waals surface area contributed by atoms with Gasteiger partial charge in [-0.15, -0.1) is 0 Å². The number of amides is 1. The van der Waals surface area contributed by atoms with E-state index in [0.717, 1.165) is 0 Å². The van der Waals surface area contributed by atoms with E-state index in [0.29, 0.717) is 11.1 Å². The fourth-order valence-electron chi connectivity index (χ4n) is 2.21. The van der Waals surface area contributed by atoms with Gasteiger partial charge in [0.15, 0.2) is 0 Å². The van der Waals surface area contributed by atoms with Crippen molar-refractivity contribution >= 4 is 12.1 Å². The minimum atomic E-state index is -1.25. The Bertz CT molecular complexity index is 593. The lowest BCUT2D eigenvalue weighted by molar-refractivity contribution is 0.0118. The molecule has 0 aliphatic carbocycles. The molecule has 1 aromatic rings. The van der Waals surface area contributed by atoms with Crippen LogP contribution in [0.15, 0.2) is 18.2 Å². The lowest BCUT2D eigenvalue weighted by Crippen LogP contribution is -2.34. The molecule has 0 heterocycles. The van der Waals surface area contributed by atoms with Crippen molar-refractivity contribution in [1.29, 1.82) is 0 Å².